The summed E-state index contributed by atoms with van der Waals surface area (Å²) >= 11 is 0. The Morgan fingerprint density at radius 1 is 0.284 bits per heavy atom. The highest BCUT2D eigenvalue weighted by Crippen LogP contribution is 2.41. The molecule has 0 amide bonds. The molecule has 0 radical (unpaired) electrons. The van der Waals surface area contributed by atoms with Crippen molar-refractivity contribution in [2.75, 3.05) is 0 Å². The zero-order valence-electron chi connectivity index (χ0n) is 39.9. The molecule has 11 aromatic rings. The molecule has 2 nitrogen and oxygen atoms in total. The zero-order valence-corrected chi connectivity index (χ0v) is 39.9. The lowest BCUT2D eigenvalue weighted by atomic mass is 9.12. The van der Waals surface area contributed by atoms with Crippen molar-refractivity contribution >= 4 is 71.1 Å². The molecule has 410 valence electrons. The van der Waals surface area contributed by atoms with Crippen molar-refractivity contribution in [3.8, 4) is 11.6 Å². The molecule has 0 aliphatic heterocycles. The van der Waals surface area contributed by atoms with E-state index in [2.05, 4.69) is 138 Å². The minimum absolute atomic E-state index is 0.729. The number of ether oxygens (including phenoxy) is 1. The van der Waals surface area contributed by atoms with Crippen LogP contribution >= 0.6 is 0 Å². The molecule has 0 aliphatic rings. The van der Waals surface area contributed by atoms with Gasteiger partial charge in [0.1, 0.15) is 58.4 Å². The van der Waals surface area contributed by atoms with Gasteiger partial charge >= 0.3 is 5.88 Å². The van der Waals surface area contributed by atoms with Crippen LogP contribution in [0.2, 0.25) is 0 Å². The van der Waals surface area contributed by atoms with E-state index >= 15 is 35.1 Å². The van der Waals surface area contributed by atoms with E-state index in [4.69, 9.17) is 4.74 Å². The number of halogens is 20. The quantitative estimate of drug-likeness (QED) is 0.0369. The number of nitrogens with zero attached hydrogens (tertiary/aromatic N) is 1. The molecule has 23 heteroatoms. The Hall–Kier alpha value is -9.15. The maximum Gasteiger partial charge on any atom is 0.381 e. The van der Waals surface area contributed by atoms with Crippen LogP contribution < -0.4 is 31.2 Å². The zero-order chi connectivity index (χ0) is 58.3. The molecule has 0 N–H and O–H groups in total. The fraction of sp³-hybridized carbons (Fsp3) is 0.0172. The molecule has 0 saturated heterocycles. The summed E-state index contributed by atoms with van der Waals surface area (Å²) in [6.45, 7) is 0.729. The molecular formula is C58H24BF20NO. The van der Waals surface area contributed by atoms with Gasteiger partial charge in [0.05, 0.1) is 5.39 Å². The minimum atomic E-state index is -7.22. The molecule has 81 heavy (non-hydrogen) atoms. The molecule has 0 fully saturated rings. The van der Waals surface area contributed by atoms with Gasteiger partial charge in [0, 0.05) is 22.4 Å². The van der Waals surface area contributed by atoms with Crippen LogP contribution in [0.25, 0.3) is 43.1 Å². The van der Waals surface area contributed by atoms with E-state index in [1.54, 1.807) is 0 Å². The van der Waals surface area contributed by atoms with Crippen molar-refractivity contribution in [2.45, 2.75) is 6.54 Å². The van der Waals surface area contributed by atoms with Crippen molar-refractivity contribution in [3.05, 3.63) is 255 Å². The lowest BCUT2D eigenvalue weighted by Gasteiger charge is -2.44. The van der Waals surface area contributed by atoms with E-state index in [1.165, 1.54) is 27.1 Å². The van der Waals surface area contributed by atoms with Crippen LogP contribution in [0.4, 0.5) is 87.8 Å². The molecule has 11 rings (SSSR count). The minimum Gasteiger partial charge on any atom is -0.403 e. The van der Waals surface area contributed by atoms with Crippen LogP contribution in [-0.4, -0.2) is 6.15 Å². The average molecular weight is 1140 g/mol. The first-order valence-corrected chi connectivity index (χ1v) is 23.2. The molecule has 0 aliphatic carbocycles. The fourth-order valence-electron chi connectivity index (χ4n) is 10.0. The number of benzene rings is 10. The molecule has 1 heterocycles. The Labute approximate surface area is 440 Å². The van der Waals surface area contributed by atoms with Crippen LogP contribution in [0.5, 0.6) is 11.6 Å². The van der Waals surface area contributed by atoms with Gasteiger partial charge in [-0.3, -0.25) is 0 Å². The number of aromatic nitrogens is 1. The summed E-state index contributed by atoms with van der Waals surface area (Å²) in [5.74, 6) is -69.7. The van der Waals surface area contributed by atoms with Crippen molar-refractivity contribution in [2.24, 2.45) is 0 Å². The van der Waals surface area contributed by atoms with E-state index < -0.39 is 144 Å². The van der Waals surface area contributed by atoms with Crippen LogP contribution in [0.3, 0.4) is 0 Å². The van der Waals surface area contributed by atoms with Crippen molar-refractivity contribution in [1.82, 2.24) is 0 Å². The SMILES string of the molecule is Fc1c(F)c(F)c([B-](c2c(F)c(F)c(F)c(F)c2F)(c2c(F)c(F)c(F)c(F)c2F)c2c(F)c(F)c(F)c(F)c2F)c(F)c1F.c1ccc(C[n+]2ccc3ccccc3c2Oc2c3ccccc3cc3cc4ccccc4cc23)cc1. The Kier molecular flexibility index (Phi) is 14.2. The normalized spacial score (nSPS) is 11.8. The standard InChI is InChI=1S/C34H24NO.C24BF20/c1-2-10-24(11-3-1)23-35-19-18-25-12-6-9-17-31(25)34(35)36-33-30-16-8-7-15-28(30)21-29-20-26-13-4-5-14-27(26)22-32(29)33;26-5-1(6(27)14(35)21(42)13(5)34)25(2-7(28)15(36)22(43)16(37)8(2)29,3-9(30)17(38)23(44)18(39)10(3)31)4-11(32)19(40)24(45)20(41)12(4)33/h1-22H,23H2;/q+1;-1. The second-order valence-corrected chi connectivity index (χ2v) is 18.1. The number of pyridine rings is 1. The highest BCUT2D eigenvalue weighted by atomic mass is 19.2. The maximum absolute atomic E-state index is 15.4. The molecule has 0 saturated carbocycles. The van der Waals surface area contributed by atoms with Gasteiger partial charge in [-0.25, -0.2) is 87.8 Å². The molecule has 0 unspecified atom stereocenters. The topological polar surface area (TPSA) is 13.1 Å². The maximum atomic E-state index is 15.4. The Balaban J connectivity index is 0.000000185. The van der Waals surface area contributed by atoms with Crippen LogP contribution in [0.15, 0.2) is 134 Å². The summed E-state index contributed by atoms with van der Waals surface area (Å²) in [6, 6.07) is 45.0. The smallest absolute Gasteiger partial charge is 0.381 e. The fourth-order valence-corrected chi connectivity index (χ4v) is 10.0. The van der Waals surface area contributed by atoms with Gasteiger partial charge in [0.15, 0.2) is 82.5 Å². The predicted molar refractivity (Wildman–Crippen MR) is 258 cm³/mol. The predicted octanol–water partition coefficient (Wildman–Crippen LogP) is 14.3. The Morgan fingerprint density at radius 2 is 0.605 bits per heavy atom. The summed E-state index contributed by atoms with van der Waals surface area (Å²) in [5, 5.41) is 9.27. The van der Waals surface area contributed by atoms with Gasteiger partial charge in [-0.15, -0.1) is 21.9 Å². The number of rotatable bonds is 8. The number of fused-ring (bicyclic) bond motifs is 4. The van der Waals surface area contributed by atoms with Gasteiger partial charge in [0.2, 0.25) is 0 Å². The average Bonchev–Trinajstić information content (AvgIpc) is 3.66. The second kappa shape index (κ2) is 20.8. The second-order valence-electron chi connectivity index (χ2n) is 18.1. The monoisotopic (exact) mass is 1140 g/mol. The van der Waals surface area contributed by atoms with Gasteiger partial charge < -0.3 is 4.74 Å². The van der Waals surface area contributed by atoms with E-state index in [0.717, 1.165) is 39.7 Å². The van der Waals surface area contributed by atoms with Crippen LogP contribution in [0.1, 0.15) is 5.56 Å². The van der Waals surface area contributed by atoms with E-state index in [9.17, 15) is 52.7 Å². The van der Waals surface area contributed by atoms with Crippen LogP contribution in [-0.2, 0) is 6.54 Å². The van der Waals surface area contributed by atoms with Crippen molar-refractivity contribution in [3.63, 3.8) is 0 Å². The summed E-state index contributed by atoms with van der Waals surface area (Å²) < 4.78 is 303. The lowest BCUT2D eigenvalue weighted by molar-refractivity contribution is -0.690. The Bertz CT molecular complexity index is 4040. The summed E-state index contributed by atoms with van der Waals surface area (Å²) in [5.41, 5.74) is -13.1. The summed E-state index contributed by atoms with van der Waals surface area (Å²) in [7, 11) is 0. The molecular weight excluding hydrogens is 1120 g/mol. The molecule has 0 atom stereocenters. The molecule has 0 spiro atoms. The van der Waals surface area contributed by atoms with Crippen molar-refractivity contribution in [1.29, 1.82) is 0 Å². The van der Waals surface area contributed by atoms with E-state index in [1.807, 2.05) is 0 Å². The summed E-state index contributed by atoms with van der Waals surface area (Å²) in [6.07, 6.45) is -5.08. The highest BCUT2D eigenvalue weighted by molar-refractivity contribution is 7.20. The van der Waals surface area contributed by atoms with Crippen LogP contribution in [0, 0.1) is 116 Å². The van der Waals surface area contributed by atoms with E-state index in [-0.39, 0.29) is 0 Å². The van der Waals surface area contributed by atoms with Gasteiger partial charge in [-0.2, -0.15) is 4.57 Å². The van der Waals surface area contributed by atoms with Gasteiger partial charge in [-0.1, -0.05) is 97.1 Å². The lowest BCUT2D eigenvalue weighted by Crippen LogP contribution is -2.81. The Morgan fingerprint density at radius 3 is 1.02 bits per heavy atom. The highest BCUT2D eigenvalue weighted by Gasteiger charge is 2.52. The first-order valence-electron chi connectivity index (χ1n) is 23.2. The third kappa shape index (κ3) is 8.67. The van der Waals surface area contributed by atoms with E-state index in [0.29, 0.717) is 0 Å². The third-order valence-corrected chi connectivity index (χ3v) is 13.7. The van der Waals surface area contributed by atoms with Gasteiger partial charge in [0.25, 0.3) is 0 Å². The third-order valence-electron chi connectivity index (χ3n) is 13.7. The molecule has 10 aromatic carbocycles. The summed E-state index contributed by atoms with van der Waals surface area (Å²) in [4.78, 5) is 0. The van der Waals surface area contributed by atoms with Gasteiger partial charge in [-0.05, 0) is 51.2 Å². The largest absolute Gasteiger partial charge is 0.403 e. The van der Waals surface area contributed by atoms with Crippen molar-refractivity contribution < 1.29 is 97.1 Å². The first kappa shape index (κ1) is 55.2. The molecule has 1 aromatic heterocycles. The number of hydrogen-bond donors (Lipinski definition) is 0. The molecule has 0 bridgehead atoms. The number of hydrogen-bond acceptors (Lipinski definition) is 1. The first-order chi connectivity index (χ1) is 38.5.